The molecule has 0 unspecified atom stereocenters. The Kier molecular flexibility index (Phi) is 6.88. The lowest BCUT2D eigenvalue weighted by Crippen LogP contribution is -2.35. The summed E-state index contributed by atoms with van der Waals surface area (Å²) in [4.78, 5) is 24.6. The first kappa shape index (κ1) is 19.3. The molecule has 1 saturated heterocycles. The van der Waals surface area contributed by atoms with Crippen molar-refractivity contribution in [1.29, 1.82) is 0 Å². The van der Waals surface area contributed by atoms with Gasteiger partial charge in [-0.25, -0.2) is 14.2 Å². The van der Waals surface area contributed by atoms with Crippen molar-refractivity contribution in [2.75, 3.05) is 11.9 Å². The number of carboxylic acid groups (broad SMARTS) is 1. The predicted molar refractivity (Wildman–Crippen MR) is 75.6 cm³/mol. The van der Waals surface area contributed by atoms with Gasteiger partial charge in [-0.15, -0.1) is 0 Å². The second-order valence-electron chi connectivity index (χ2n) is 4.43. The molecule has 1 amide bonds. The number of nitrogens with one attached hydrogen (secondary N) is 2. The molecule has 128 valence electrons. The highest BCUT2D eigenvalue weighted by molar-refractivity contribution is 9.10. The number of hydrogen-bond acceptors (Lipinski definition) is 4. The molecular weight excluding hydrogens is 390 g/mol. The van der Waals surface area contributed by atoms with Crippen LogP contribution < -0.4 is 10.6 Å². The monoisotopic (exact) mass is 401 g/mol. The van der Waals surface area contributed by atoms with Gasteiger partial charge in [-0.05, 0) is 28.1 Å². The molecule has 2 atom stereocenters. The fourth-order valence-corrected chi connectivity index (χ4v) is 1.93. The molecule has 11 heteroatoms. The van der Waals surface area contributed by atoms with Crippen LogP contribution in [0.15, 0.2) is 22.8 Å². The molecule has 1 fully saturated rings. The number of anilines is 1. The Labute approximate surface area is 136 Å². The van der Waals surface area contributed by atoms with Gasteiger partial charge < -0.3 is 15.7 Å². The summed E-state index contributed by atoms with van der Waals surface area (Å²) in [5.74, 6) is -2.54. The third-order valence-corrected chi connectivity index (χ3v) is 3.04. The van der Waals surface area contributed by atoms with Crippen LogP contribution in [0.25, 0.3) is 0 Å². The van der Waals surface area contributed by atoms with Gasteiger partial charge in [0.1, 0.15) is 16.6 Å². The quantitative estimate of drug-likeness (QED) is 0.521. The van der Waals surface area contributed by atoms with Gasteiger partial charge in [-0.2, -0.15) is 13.2 Å². The van der Waals surface area contributed by atoms with Crippen LogP contribution in [0.1, 0.15) is 6.42 Å². The summed E-state index contributed by atoms with van der Waals surface area (Å²) in [6, 6.07) is 4.76. The highest BCUT2D eigenvalue weighted by atomic mass is 79.9. The minimum Gasteiger partial charge on any atom is -0.475 e. The number of pyridine rings is 1. The number of aliphatic carboxylic acids is 1. The Morgan fingerprint density at radius 1 is 1.39 bits per heavy atom. The number of rotatable bonds is 2. The largest absolute Gasteiger partial charge is 0.490 e. The van der Waals surface area contributed by atoms with Crippen LogP contribution in [-0.4, -0.2) is 46.9 Å². The number of halogens is 5. The Hall–Kier alpha value is -1.75. The van der Waals surface area contributed by atoms with E-state index in [0.717, 1.165) is 0 Å². The van der Waals surface area contributed by atoms with Crippen LogP contribution in [0.2, 0.25) is 0 Å². The highest BCUT2D eigenvalue weighted by Gasteiger charge is 2.38. The lowest BCUT2D eigenvalue weighted by Gasteiger charge is -2.10. The maximum Gasteiger partial charge on any atom is 0.490 e. The van der Waals surface area contributed by atoms with E-state index >= 15 is 0 Å². The lowest BCUT2D eigenvalue weighted by molar-refractivity contribution is -0.192. The number of carboxylic acids is 1. The van der Waals surface area contributed by atoms with Crippen LogP contribution >= 0.6 is 15.9 Å². The molecule has 1 aromatic heterocycles. The average Bonchev–Trinajstić information content (AvgIpc) is 2.85. The van der Waals surface area contributed by atoms with Crippen molar-refractivity contribution in [2.24, 2.45) is 0 Å². The van der Waals surface area contributed by atoms with E-state index in [4.69, 9.17) is 9.90 Å². The normalized spacial score (nSPS) is 20.4. The summed E-state index contributed by atoms with van der Waals surface area (Å²) in [7, 11) is 0. The van der Waals surface area contributed by atoms with Crippen LogP contribution in [0.4, 0.5) is 23.4 Å². The van der Waals surface area contributed by atoms with E-state index in [1.807, 2.05) is 0 Å². The first-order valence-electron chi connectivity index (χ1n) is 6.20. The molecule has 2 heterocycles. The van der Waals surface area contributed by atoms with Gasteiger partial charge >= 0.3 is 12.1 Å². The second kappa shape index (κ2) is 8.20. The first-order chi connectivity index (χ1) is 10.6. The zero-order chi connectivity index (χ0) is 17.6. The minimum atomic E-state index is -5.08. The number of aromatic nitrogens is 1. The fourth-order valence-electron chi connectivity index (χ4n) is 1.58. The zero-order valence-corrected chi connectivity index (χ0v) is 13.0. The maximum atomic E-state index is 12.9. The van der Waals surface area contributed by atoms with E-state index in [1.165, 1.54) is 0 Å². The maximum absolute atomic E-state index is 12.9. The van der Waals surface area contributed by atoms with Gasteiger partial charge in [0.15, 0.2) is 0 Å². The SMILES string of the molecule is O=C(Nc1cccc(Br)n1)[C@@H]1C[C@@H](F)CN1.O=C(O)C(F)(F)F. The summed E-state index contributed by atoms with van der Waals surface area (Å²) < 4.78 is 45.3. The van der Waals surface area contributed by atoms with E-state index in [0.29, 0.717) is 10.4 Å². The predicted octanol–water partition coefficient (Wildman–Crippen LogP) is 2.12. The molecule has 0 radical (unpaired) electrons. The highest BCUT2D eigenvalue weighted by Crippen LogP contribution is 2.14. The Morgan fingerprint density at radius 3 is 2.43 bits per heavy atom. The number of alkyl halides is 4. The van der Waals surface area contributed by atoms with Crippen molar-refractivity contribution in [1.82, 2.24) is 10.3 Å². The molecule has 1 aliphatic rings. The van der Waals surface area contributed by atoms with Crippen molar-refractivity contribution in [3.05, 3.63) is 22.8 Å². The Morgan fingerprint density at radius 2 is 2.00 bits per heavy atom. The second-order valence-corrected chi connectivity index (χ2v) is 5.24. The number of carbonyl (C=O) groups excluding carboxylic acids is 1. The number of carbonyl (C=O) groups is 2. The topological polar surface area (TPSA) is 91.3 Å². The molecule has 0 saturated carbocycles. The number of nitrogens with zero attached hydrogens (tertiary/aromatic N) is 1. The zero-order valence-electron chi connectivity index (χ0n) is 11.4. The molecule has 0 aliphatic carbocycles. The summed E-state index contributed by atoms with van der Waals surface area (Å²) in [6.07, 6.45) is -5.80. The summed E-state index contributed by atoms with van der Waals surface area (Å²) in [5, 5.41) is 12.6. The molecule has 1 aliphatic heterocycles. The minimum absolute atomic E-state index is 0.222. The van der Waals surface area contributed by atoms with Gasteiger partial charge in [-0.1, -0.05) is 6.07 Å². The molecule has 1 aromatic rings. The summed E-state index contributed by atoms with van der Waals surface area (Å²) in [6.45, 7) is 0.240. The van der Waals surface area contributed by atoms with Crippen LogP contribution in [-0.2, 0) is 9.59 Å². The molecule has 3 N–H and O–H groups in total. The van der Waals surface area contributed by atoms with Crippen molar-refractivity contribution >= 4 is 33.6 Å². The molecule has 23 heavy (non-hydrogen) atoms. The van der Waals surface area contributed by atoms with E-state index in [-0.39, 0.29) is 18.9 Å². The third-order valence-electron chi connectivity index (χ3n) is 2.60. The van der Waals surface area contributed by atoms with Crippen molar-refractivity contribution in [3.8, 4) is 0 Å². The van der Waals surface area contributed by atoms with E-state index < -0.39 is 24.4 Å². The van der Waals surface area contributed by atoms with Crippen LogP contribution in [0.5, 0.6) is 0 Å². The van der Waals surface area contributed by atoms with E-state index in [9.17, 15) is 22.4 Å². The molecule has 2 rings (SSSR count). The lowest BCUT2D eigenvalue weighted by atomic mass is 10.2. The first-order valence-corrected chi connectivity index (χ1v) is 7.00. The standard InChI is InChI=1S/C10H11BrFN3O.C2HF3O2/c11-8-2-1-3-9(14-8)15-10(16)7-4-6(12)5-13-7;3-2(4,5)1(6)7/h1-3,6-7,13H,4-5H2,(H,14,15,16);(H,6,7)/t6-,7+;/m1./s1. The Bertz CT molecular complexity index is 571. The molecule has 0 bridgehead atoms. The van der Waals surface area contributed by atoms with Gasteiger partial charge in [0.05, 0.1) is 6.04 Å². The molecule has 0 aromatic carbocycles. The van der Waals surface area contributed by atoms with E-state index in [1.54, 1.807) is 18.2 Å². The summed E-state index contributed by atoms with van der Waals surface area (Å²) >= 11 is 3.21. The van der Waals surface area contributed by atoms with Crippen molar-refractivity contribution in [3.63, 3.8) is 0 Å². The van der Waals surface area contributed by atoms with Gasteiger partial charge in [0, 0.05) is 13.0 Å². The Balaban J connectivity index is 0.000000322. The van der Waals surface area contributed by atoms with E-state index in [2.05, 4.69) is 31.5 Å². The average molecular weight is 402 g/mol. The number of amides is 1. The summed E-state index contributed by atoms with van der Waals surface area (Å²) in [5.41, 5.74) is 0. The van der Waals surface area contributed by atoms with Gasteiger partial charge in [0.25, 0.3) is 0 Å². The van der Waals surface area contributed by atoms with Gasteiger partial charge in [0.2, 0.25) is 5.91 Å². The van der Waals surface area contributed by atoms with Crippen LogP contribution in [0, 0.1) is 0 Å². The number of hydrogen-bond donors (Lipinski definition) is 3. The van der Waals surface area contributed by atoms with Crippen molar-refractivity contribution in [2.45, 2.75) is 24.8 Å². The van der Waals surface area contributed by atoms with Gasteiger partial charge in [-0.3, -0.25) is 4.79 Å². The third kappa shape index (κ3) is 6.91. The molecular formula is C12H12BrF4N3O3. The fraction of sp³-hybridized carbons (Fsp3) is 0.417. The smallest absolute Gasteiger partial charge is 0.475 e. The van der Waals surface area contributed by atoms with Crippen LogP contribution in [0.3, 0.4) is 0 Å². The molecule has 0 spiro atoms. The van der Waals surface area contributed by atoms with Crippen molar-refractivity contribution < 1.29 is 32.3 Å². The molecule has 6 nitrogen and oxygen atoms in total.